The lowest BCUT2D eigenvalue weighted by atomic mass is 10.2. The van der Waals surface area contributed by atoms with Crippen LogP contribution in [-0.2, 0) is 18.3 Å². The molecule has 0 atom stereocenters. The topological polar surface area (TPSA) is 101 Å². The zero-order chi connectivity index (χ0) is 19.2. The van der Waals surface area contributed by atoms with Gasteiger partial charge >= 0.3 is 0 Å². The molecule has 2 heterocycles. The van der Waals surface area contributed by atoms with Gasteiger partial charge in [0.05, 0.1) is 17.7 Å². The van der Waals surface area contributed by atoms with E-state index >= 15 is 0 Å². The molecule has 0 bridgehead atoms. The summed E-state index contributed by atoms with van der Waals surface area (Å²) in [6.07, 6.45) is 6.74. The van der Waals surface area contributed by atoms with E-state index in [4.69, 9.17) is 0 Å². The molecule has 8 heteroatoms. The van der Waals surface area contributed by atoms with E-state index in [-0.39, 0.29) is 18.2 Å². The molecular weight excluding hydrogens is 344 g/mol. The maximum Gasteiger partial charge on any atom is 0.257 e. The summed E-state index contributed by atoms with van der Waals surface area (Å²) in [7, 11) is 3.60. The van der Waals surface area contributed by atoms with Crippen LogP contribution in [0.5, 0.6) is 0 Å². The molecule has 0 aliphatic rings. The van der Waals surface area contributed by atoms with Crippen molar-refractivity contribution in [2.75, 3.05) is 23.0 Å². The molecule has 0 aliphatic heterocycles. The lowest BCUT2D eigenvalue weighted by Crippen LogP contribution is -2.17. The molecule has 138 valence electrons. The molecule has 0 aliphatic carbocycles. The molecule has 0 spiro atoms. The first-order valence-electron chi connectivity index (χ1n) is 8.35. The fourth-order valence-electron chi connectivity index (χ4n) is 2.49. The number of hydrogen-bond donors (Lipinski definition) is 3. The Morgan fingerprint density at radius 2 is 1.85 bits per heavy atom. The minimum absolute atomic E-state index is 0.169. The van der Waals surface area contributed by atoms with E-state index in [0.717, 1.165) is 5.69 Å². The lowest BCUT2D eigenvalue weighted by molar-refractivity contribution is -0.115. The molecule has 1 aromatic carbocycles. The molecule has 3 aromatic rings. The van der Waals surface area contributed by atoms with Crippen molar-refractivity contribution in [3.05, 3.63) is 66.5 Å². The van der Waals surface area contributed by atoms with Crippen LogP contribution in [0.25, 0.3) is 0 Å². The minimum atomic E-state index is -0.281. The van der Waals surface area contributed by atoms with Crippen LogP contribution < -0.4 is 16.0 Å². The first kappa shape index (κ1) is 18.1. The zero-order valence-corrected chi connectivity index (χ0v) is 15.1. The van der Waals surface area contributed by atoms with E-state index in [9.17, 15) is 9.59 Å². The van der Waals surface area contributed by atoms with E-state index in [1.165, 1.54) is 6.20 Å². The van der Waals surface area contributed by atoms with Crippen molar-refractivity contribution in [2.24, 2.45) is 7.05 Å². The second-order valence-electron chi connectivity index (χ2n) is 5.93. The highest BCUT2D eigenvalue weighted by atomic mass is 16.2. The summed E-state index contributed by atoms with van der Waals surface area (Å²) in [6.45, 7) is 0. The highest BCUT2D eigenvalue weighted by Gasteiger charge is 2.10. The number of nitrogens with zero attached hydrogens (tertiary/aromatic N) is 3. The number of anilines is 3. The van der Waals surface area contributed by atoms with Gasteiger partial charge in [0.1, 0.15) is 5.82 Å². The third kappa shape index (κ3) is 4.69. The zero-order valence-electron chi connectivity index (χ0n) is 15.1. The summed E-state index contributed by atoms with van der Waals surface area (Å²) in [4.78, 5) is 32.7. The Morgan fingerprint density at radius 3 is 2.56 bits per heavy atom. The van der Waals surface area contributed by atoms with E-state index < -0.39 is 0 Å². The van der Waals surface area contributed by atoms with E-state index in [1.54, 1.807) is 60.5 Å². The van der Waals surface area contributed by atoms with Gasteiger partial charge in [-0.1, -0.05) is 6.07 Å². The first-order valence-corrected chi connectivity index (χ1v) is 8.35. The van der Waals surface area contributed by atoms with Crippen molar-refractivity contribution >= 4 is 28.9 Å². The number of pyridine rings is 1. The van der Waals surface area contributed by atoms with Crippen molar-refractivity contribution in [2.45, 2.75) is 6.42 Å². The number of nitrogens with one attached hydrogen (secondary N) is 3. The fraction of sp³-hybridized carbons (Fsp3) is 0.158. The molecule has 8 nitrogen and oxygen atoms in total. The molecule has 0 unspecified atom stereocenters. The number of hydrogen-bond acceptors (Lipinski definition) is 5. The van der Waals surface area contributed by atoms with Crippen molar-refractivity contribution in [1.82, 2.24) is 14.5 Å². The number of amides is 2. The van der Waals surface area contributed by atoms with Crippen LogP contribution in [0.3, 0.4) is 0 Å². The monoisotopic (exact) mass is 364 g/mol. The van der Waals surface area contributed by atoms with Crippen molar-refractivity contribution < 1.29 is 9.59 Å². The number of aryl methyl sites for hydroxylation is 1. The van der Waals surface area contributed by atoms with Gasteiger partial charge in [0.25, 0.3) is 5.91 Å². The van der Waals surface area contributed by atoms with Crippen LogP contribution >= 0.6 is 0 Å². The summed E-state index contributed by atoms with van der Waals surface area (Å²) in [5, 5.41) is 8.56. The quantitative estimate of drug-likeness (QED) is 0.623. The van der Waals surface area contributed by atoms with E-state index in [1.807, 2.05) is 7.05 Å². The fourth-order valence-corrected chi connectivity index (χ4v) is 2.49. The predicted molar refractivity (Wildman–Crippen MR) is 104 cm³/mol. The Bertz CT molecular complexity index is 966. The van der Waals surface area contributed by atoms with Crippen LogP contribution in [0.15, 0.2) is 55.1 Å². The molecule has 3 rings (SSSR count). The van der Waals surface area contributed by atoms with Gasteiger partial charge in [0.15, 0.2) is 0 Å². The highest BCUT2D eigenvalue weighted by Crippen LogP contribution is 2.17. The van der Waals surface area contributed by atoms with Crippen molar-refractivity contribution in [1.29, 1.82) is 0 Å². The molecular formula is C19H20N6O2. The Morgan fingerprint density at radius 1 is 1.07 bits per heavy atom. The van der Waals surface area contributed by atoms with Gasteiger partial charge in [-0.05, 0) is 24.3 Å². The van der Waals surface area contributed by atoms with Gasteiger partial charge in [-0.15, -0.1) is 0 Å². The molecule has 0 radical (unpaired) electrons. The predicted octanol–water partition coefficient (Wildman–Crippen LogP) is 2.29. The highest BCUT2D eigenvalue weighted by molar-refractivity contribution is 6.05. The van der Waals surface area contributed by atoms with Crippen molar-refractivity contribution in [3.8, 4) is 0 Å². The number of rotatable bonds is 6. The van der Waals surface area contributed by atoms with Gasteiger partial charge < -0.3 is 20.5 Å². The second kappa shape index (κ2) is 8.13. The maximum absolute atomic E-state index is 12.4. The molecule has 2 aromatic heterocycles. The van der Waals surface area contributed by atoms with Crippen LogP contribution in [0.1, 0.15) is 16.2 Å². The van der Waals surface area contributed by atoms with Gasteiger partial charge in [-0.2, -0.15) is 0 Å². The van der Waals surface area contributed by atoms with Gasteiger partial charge in [-0.25, -0.2) is 4.98 Å². The third-order valence-corrected chi connectivity index (χ3v) is 3.93. The molecule has 2 amide bonds. The first-order chi connectivity index (χ1) is 13.0. The Labute approximate surface area is 156 Å². The average molecular weight is 364 g/mol. The summed E-state index contributed by atoms with van der Waals surface area (Å²) in [5.74, 6) is 0.212. The number of aromatic nitrogens is 3. The molecule has 0 saturated heterocycles. The number of carbonyl (C=O) groups excluding carboxylic acids is 2. The average Bonchev–Trinajstić information content (AvgIpc) is 3.06. The summed E-state index contributed by atoms with van der Waals surface area (Å²) >= 11 is 0. The molecule has 0 saturated carbocycles. The SMILES string of the molecule is CNc1cncc(C(=O)Nc2cccc(NC(=O)Cc3nccn3C)c2)c1. The molecule has 0 fully saturated rings. The van der Waals surface area contributed by atoms with Crippen LogP contribution in [0.4, 0.5) is 17.1 Å². The standard InChI is InChI=1S/C19H20N6O2/c1-20-16-8-13(11-21-12-16)19(27)24-15-5-3-4-14(9-15)23-18(26)10-17-22-6-7-25(17)2/h3-9,11-12,20H,10H2,1-2H3,(H,23,26)(H,24,27). The van der Waals surface area contributed by atoms with Crippen LogP contribution in [0, 0.1) is 0 Å². The van der Waals surface area contributed by atoms with Gasteiger partial charge in [0, 0.05) is 50.3 Å². The Hall–Kier alpha value is -3.68. The number of imidazole rings is 1. The summed E-state index contributed by atoms with van der Waals surface area (Å²) < 4.78 is 1.80. The largest absolute Gasteiger partial charge is 0.387 e. The normalized spacial score (nSPS) is 10.3. The summed E-state index contributed by atoms with van der Waals surface area (Å²) in [6, 6.07) is 8.68. The van der Waals surface area contributed by atoms with Gasteiger partial charge in [-0.3, -0.25) is 14.6 Å². The number of benzene rings is 1. The smallest absolute Gasteiger partial charge is 0.257 e. The number of carbonyl (C=O) groups is 2. The van der Waals surface area contributed by atoms with E-state index in [0.29, 0.717) is 22.8 Å². The van der Waals surface area contributed by atoms with Crippen molar-refractivity contribution in [3.63, 3.8) is 0 Å². The maximum atomic E-state index is 12.4. The minimum Gasteiger partial charge on any atom is -0.387 e. The Balaban J connectivity index is 1.65. The van der Waals surface area contributed by atoms with Crippen LogP contribution in [0.2, 0.25) is 0 Å². The molecule has 3 N–H and O–H groups in total. The Kier molecular flexibility index (Phi) is 5.46. The lowest BCUT2D eigenvalue weighted by Gasteiger charge is -2.09. The summed E-state index contributed by atoms with van der Waals surface area (Å²) in [5.41, 5.74) is 2.35. The third-order valence-electron chi connectivity index (χ3n) is 3.93. The molecule has 27 heavy (non-hydrogen) atoms. The van der Waals surface area contributed by atoms with Crippen LogP contribution in [-0.4, -0.2) is 33.4 Å². The van der Waals surface area contributed by atoms with Gasteiger partial charge in [0.2, 0.25) is 5.91 Å². The second-order valence-corrected chi connectivity index (χ2v) is 5.93. The van der Waals surface area contributed by atoms with E-state index in [2.05, 4.69) is 25.9 Å².